The monoisotopic (exact) mass is 470 g/mol. The number of carbonyl (C=O) groups is 1. The number of unbranched alkanes of at least 4 members (excludes halogenated alkanes) is 2. The van der Waals surface area contributed by atoms with Crippen LogP contribution in [0, 0.1) is 0 Å². The normalized spacial score (nSPS) is 11.3. The highest BCUT2D eigenvalue weighted by Crippen LogP contribution is 2.20. The molecule has 2 heterocycles. The van der Waals surface area contributed by atoms with E-state index in [4.69, 9.17) is 5.73 Å². The summed E-state index contributed by atoms with van der Waals surface area (Å²) in [5.41, 5.74) is 6.38. The van der Waals surface area contributed by atoms with Crippen LogP contribution < -0.4 is 27.6 Å². The van der Waals surface area contributed by atoms with Crippen LogP contribution in [0.1, 0.15) is 52.9 Å². The number of benzene rings is 1. The fourth-order valence-corrected chi connectivity index (χ4v) is 4.19. The van der Waals surface area contributed by atoms with E-state index in [0.717, 1.165) is 23.9 Å². The van der Waals surface area contributed by atoms with E-state index in [2.05, 4.69) is 4.98 Å². The molecule has 0 saturated carbocycles. The maximum absolute atomic E-state index is 13.4. The predicted molar refractivity (Wildman–Crippen MR) is 134 cm³/mol. The number of imidazole rings is 1. The molecule has 34 heavy (non-hydrogen) atoms. The lowest BCUT2D eigenvalue weighted by Gasteiger charge is -2.24. The number of nitrogens with two attached hydrogens (primary N) is 1. The average molecular weight is 471 g/mol. The van der Waals surface area contributed by atoms with Crippen LogP contribution in [-0.4, -0.2) is 31.1 Å². The Morgan fingerprint density at radius 1 is 0.941 bits per heavy atom. The lowest BCUT2D eigenvalue weighted by Crippen LogP contribution is -2.42. The minimum absolute atomic E-state index is 0.00233. The number of nitrogens with zero attached hydrogens (tertiary/aromatic N) is 4. The third-order valence-corrected chi connectivity index (χ3v) is 6.05. The summed E-state index contributed by atoms with van der Waals surface area (Å²) in [6.07, 6.45) is 3.03. The zero-order valence-corrected chi connectivity index (χ0v) is 20.2. The Balaban J connectivity index is 1.96. The summed E-state index contributed by atoms with van der Waals surface area (Å²) in [5, 5.41) is 0. The molecule has 3 N–H and O–H groups in total. The van der Waals surface area contributed by atoms with Crippen molar-refractivity contribution in [3.8, 4) is 0 Å². The second-order valence-corrected chi connectivity index (χ2v) is 8.31. The van der Waals surface area contributed by atoms with E-state index < -0.39 is 11.2 Å². The minimum atomic E-state index is -0.681. The zero-order valence-electron chi connectivity index (χ0n) is 20.2. The molecular formula is C24H34N6O4. The number of aryl methyl sites for hydroxylation is 2. The largest absolute Gasteiger partial charge is 0.383 e. The molecule has 0 saturated heterocycles. The highest BCUT2D eigenvalue weighted by Gasteiger charge is 2.24. The fourth-order valence-electron chi connectivity index (χ4n) is 4.19. The van der Waals surface area contributed by atoms with Gasteiger partial charge in [0.25, 0.3) is 5.56 Å². The van der Waals surface area contributed by atoms with Crippen molar-refractivity contribution in [2.45, 2.75) is 72.5 Å². The maximum Gasteiger partial charge on any atom is 0.330 e. The third kappa shape index (κ3) is 4.85. The van der Waals surface area contributed by atoms with Gasteiger partial charge in [-0.1, -0.05) is 38.8 Å². The van der Waals surface area contributed by atoms with Gasteiger partial charge in [-0.05, 0) is 31.9 Å². The number of para-hydroxylation sites is 2. The van der Waals surface area contributed by atoms with E-state index in [0.29, 0.717) is 32.5 Å². The van der Waals surface area contributed by atoms with Crippen molar-refractivity contribution in [2.24, 2.45) is 0 Å². The highest BCUT2D eigenvalue weighted by molar-refractivity contribution is 5.95. The molecule has 0 radical (unpaired) electrons. The predicted octanol–water partition coefficient (Wildman–Crippen LogP) is 2.28. The Labute approximate surface area is 197 Å². The van der Waals surface area contributed by atoms with E-state index in [1.54, 1.807) is 9.13 Å². The Bertz CT molecular complexity index is 1330. The summed E-state index contributed by atoms with van der Waals surface area (Å²) in [7, 11) is 0. The Hall–Kier alpha value is -3.56. The molecule has 10 heteroatoms. The Kier molecular flexibility index (Phi) is 8.14. The van der Waals surface area contributed by atoms with Gasteiger partial charge < -0.3 is 10.6 Å². The van der Waals surface area contributed by atoms with Gasteiger partial charge in [-0.25, -0.2) is 9.59 Å². The Morgan fingerprint density at radius 3 is 2.21 bits per heavy atom. The molecule has 3 aromatic rings. The molecular weight excluding hydrogens is 436 g/mol. The summed E-state index contributed by atoms with van der Waals surface area (Å²) in [6, 6.07) is 7.46. The molecule has 0 bridgehead atoms. The summed E-state index contributed by atoms with van der Waals surface area (Å²) in [6.45, 7) is 7.21. The summed E-state index contributed by atoms with van der Waals surface area (Å²) < 4.78 is 4.57. The summed E-state index contributed by atoms with van der Waals surface area (Å²) in [4.78, 5) is 55.0. The highest BCUT2D eigenvalue weighted by atomic mass is 16.2. The van der Waals surface area contributed by atoms with Gasteiger partial charge in [0.2, 0.25) is 5.91 Å². The summed E-state index contributed by atoms with van der Waals surface area (Å²) >= 11 is 0. The van der Waals surface area contributed by atoms with E-state index in [9.17, 15) is 19.2 Å². The van der Waals surface area contributed by atoms with E-state index in [-0.39, 0.29) is 36.1 Å². The molecule has 0 atom stereocenters. The number of nitrogens with one attached hydrogen (secondary N) is 1. The van der Waals surface area contributed by atoms with Crippen molar-refractivity contribution in [3.63, 3.8) is 0 Å². The standard InChI is InChI=1S/C24H34N6O4/c1-4-7-14-29(20-21(25)30(15-8-5-2)23(33)26-22(20)32)19(31)13-16-28-18-12-10-9-11-17(18)27(6-3)24(28)34/h9-12H,4-8,13-16,25H2,1-3H3,(H,26,32,33). The maximum atomic E-state index is 13.4. The molecule has 0 aliphatic carbocycles. The van der Waals surface area contributed by atoms with Gasteiger partial charge in [0.1, 0.15) is 5.82 Å². The number of nitrogen functional groups attached to an aromatic ring is 1. The number of carbonyl (C=O) groups excluding carboxylic acids is 1. The molecule has 1 aromatic carbocycles. The first-order valence-electron chi connectivity index (χ1n) is 12.0. The molecule has 1 amide bonds. The van der Waals surface area contributed by atoms with Gasteiger partial charge in [-0.3, -0.25) is 28.3 Å². The first-order chi connectivity index (χ1) is 16.3. The molecule has 3 rings (SSSR count). The molecule has 0 spiro atoms. The van der Waals surface area contributed by atoms with Crippen molar-refractivity contribution in [1.82, 2.24) is 18.7 Å². The zero-order chi connectivity index (χ0) is 24.8. The molecule has 184 valence electrons. The third-order valence-electron chi connectivity index (χ3n) is 6.05. The van der Waals surface area contributed by atoms with Gasteiger partial charge in [0.05, 0.1) is 11.0 Å². The van der Waals surface area contributed by atoms with Crippen LogP contribution in [0.3, 0.4) is 0 Å². The number of fused-ring (bicyclic) bond motifs is 1. The van der Waals surface area contributed by atoms with E-state index >= 15 is 0 Å². The number of rotatable bonds is 11. The van der Waals surface area contributed by atoms with E-state index in [1.807, 2.05) is 45.0 Å². The van der Waals surface area contributed by atoms with Gasteiger partial charge >= 0.3 is 11.4 Å². The van der Waals surface area contributed by atoms with Crippen LogP contribution in [0.4, 0.5) is 11.5 Å². The molecule has 0 aliphatic rings. The first kappa shape index (κ1) is 25.1. The number of anilines is 2. The number of hydrogen-bond donors (Lipinski definition) is 2. The van der Waals surface area contributed by atoms with E-state index in [1.165, 1.54) is 9.47 Å². The van der Waals surface area contributed by atoms with Crippen molar-refractivity contribution in [1.29, 1.82) is 0 Å². The van der Waals surface area contributed by atoms with Gasteiger partial charge in [0, 0.05) is 32.6 Å². The molecule has 0 fully saturated rings. The lowest BCUT2D eigenvalue weighted by molar-refractivity contribution is -0.118. The number of aromatic nitrogens is 4. The topological polar surface area (TPSA) is 128 Å². The fraction of sp³-hybridized carbons (Fsp3) is 0.500. The number of hydrogen-bond acceptors (Lipinski definition) is 5. The van der Waals surface area contributed by atoms with Crippen LogP contribution in [0.5, 0.6) is 0 Å². The molecule has 0 aliphatic heterocycles. The summed E-state index contributed by atoms with van der Waals surface area (Å²) in [5.74, 6) is -0.335. The van der Waals surface area contributed by atoms with Crippen molar-refractivity contribution < 1.29 is 4.79 Å². The molecule has 2 aromatic heterocycles. The minimum Gasteiger partial charge on any atom is -0.383 e. The second-order valence-electron chi connectivity index (χ2n) is 8.31. The Morgan fingerprint density at radius 2 is 1.59 bits per heavy atom. The van der Waals surface area contributed by atoms with Crippen molar-refractivity contribution >= 4 is 28.4 Å². The first-order valence-corrected chi connectivity index (χ1v) is 12.0. The van der Waals surface area contributed by atoms with Crippen molar-refractivity contribution in [2.75, 3.05) is 17.2 Å². The van der Waals surface area contributed by atoms with Crippen LogP contribution in [0.2, 0.25) is 0 Å². The van der Waals surface area contributed by atoms with Crippen LogP contribution >= 0.6 is 0 Å². The molecule has 0 unspecified atom stereocenters. The SMILES string of the molecule is CCCCN(C(=O)CCn1c(=O)n(CC)c2ccccc21)c1c(N)n(CCCC)c(=O)[nH]c1=O. The average Bonchev–Trinajstić information content (AvgIpc) is 3.09. The smallest absolute Gasteiger partial charge is 0.330 e. The van der Waals surface area contributed by atoms with Crippen LogP contribution in [0.25, 0.3) is 11.0 Å². The van der Waals surface area contributed by atoms with Gasteiger partial charge in [-0.15, -0.1) is 0 Å². The van der Waals surface area contributed by atoms with Crippen LogP contribution in [0.15, 0.2) is 38.6 Å². The van der Waals surface area contributed by atoms with Gasteiger partial charge in [0.15, 0.2) is 5.69 Å². The van der Waals surface area contributed by atoms with Crippen molar-refractivity contribution in [3.05, 3.63) is 55.6 Å². The number of H-pyrrole nitrogens is 1. The second kappa shape index (κ2) is 11.0. The molecule has 10 nitrogen and oxygen atoms in total. The lowest BCUT2D eigenvalue weighted by atomic mass is 10.2. The van der Waals surface area contributed by atoms with Crippen LogP contribution in [-0.2, 0) is 24.4 Å². The number of aromatic amines is 1. The number of amides is 1. The quantitative estimate of drug-likeness (QED) is 0.444. The van der Waals surface area contributed by atoms with Gasteiger partial charge in [-0.2, -0.15) is 0 Å².